The number of nitrogens with two attached hydrogens (primary N) is 1. The molecule has 1 aromatic carbocycles. The number of aromatic nitrogens is 1. The first-order valence-electron chi connectivity index (χ1n) is 6.63. The number of hydrogen-bond donors (Lipinski definition) is 1. The second kappa shape index (κ2) is 5.07. The average molecular weight is 290 g/mol. The van der Waals surface area contributed by atoms with Gasteiger partial charge in [0.25, 0.3) is 0 Å². The van der Waals surface area contributed by atoms with Crippen molar-refractivity contribution in [2.45, 2.75) is 24.8 Å². The zero-order chi connectivity index (χ0) is 14.2. The summed E-state index contributed by atoms with van der Waals surface area (Å²) >= 11 is 1.63. The molecule has 0 aliphatic heterocycles. The number of benzene rings is 1. The van der Waals surface area contributed by atoms with Gasteiger partial charge in [-0.25, -0.2) is 4.98 Å². The van der Waals surface area contributed by atoms with Gasteiger partial charge in [0.1, 0.15) is 16.5 Å². The van der Waals surface area contributed by atoms with Crippen LogP contribution in [0.5, 0.6) is 11.5 Å². The van der Waals surface area contributed by atoms with Crippen molar-refractivity contribution >= 4 is 11.3 Å². The lowest BCUT2D eigenvalue weighted by molar-refractivity contribution is 0.253. The molecule has 1 aliphatic rings. The van der Waals surface area contributed by atoms with Crippen molar-refractivity contribution in [1.29, 1.82) is 0 Å². The van der Waals surface area contributed by atoms with E-state index in [1.54, 1.807) is 25.6 Å². The standard InChI is InChI=1S/C15H18N2O2S/c1-18-10-4-5-13(19-2)11(8-10)12-9-20-14(17-12)15(16)6-3-7-15/h4-5,8-9H,3,6-7,16H2,1-2H3. The Morgan fingerprint density at radius 1 is 1.25 bits per heavy atom. The van der Waals surface area contributed by atoms with Gasteiger partial charge in [0.15, 0.2) is 0 Å². The van der Waals surface area contributed by atoms with Gasteiger partial charge >= 0.3 is 0 Å². The number of ether oxygens (including phenoxy) is 2. The lowest BCUT2D eigenvalue weighted by Crippen LogP contribution is -2.43. The van der Waals surface area contributed by atoms with E-state index >= 15 is 0 Å². The molecule has 2 N–H and O–H groups in total. The molecular formula is C15H18N2O2S. The molecule has 0 atom stereocenters. The highest BCUT2D eigenvalue weighted by Gasteiger charge is 2.37. The van der Waals surface area contributed by atoms with E-state index in [1.807, 2.05) is 23.6 Å². The summed E-state index contributed by atoms with van der Waals surface area (Å²) in [5, 5.41) is 3.06. The fourth-order valence-corrected chi connectivity index (χ4v) is 3.40. The summed E-state index contributed by atoms with van der Waals surface area (Å²) in [7, 11) is 3.32. The van der Waals surface area contributed by atoms with Gasteiger partial charge in [0, 0.05) is 10.9 Å². The second-order valence-corrected chi connectivity index (χ2v) is 5.97. The molecule has 5 heteroatoms. The van der Waals surface area contributed by atoms with Crippen molar-refractivity contribution in [3.05, 3.63) is 28.6 Å². The van der Waals surface area contributed by atoms with Crippen molar-refractivity contribution in [1.82, 2.24) is 4.98 Å². The molecule has 1 heterocycles. The SMILES string of the molecule is COc1ccc(OC)c(-c2csc(C3(N)CCC3)n2)c1. The summed E-state index contributed by atoms with van der Waals surface area (Å²) < 4.78 is 10.7. The van der Waals surface area contributed by atoms with Crippen molar-refractivity contribution in [3.8, 4) is 22.8 Å². The molecular weight excluding hydrogens is 272 g/mol. The number of nitrogens with zero attached hydrogens (tertiary/aromatic N) is 1. The van der Waals surface area contributed by atoms with Crippen LogP contribution in [0.1, 0.15) is 24.3 Å². The molecule has 0 bridgehead atoms. The molecule has 1 aliphatic carbocycles. The van der Waals surface area contributed by atoms with Gasteiger partial charge in [0.2, 0.25) is 0 Å². The normalized spacial score (nSPS) is 16.6. The lowest BCUT2D eigenvalue weighted by Gasteiger charge is -2.35. The third-order valence-corrected chi connectivity index (χ3v) is 4.92. The molecule has 1 fully saturated rings. The molecule has 1 aromatic heterocycles. The predicted octanol–water partition coefficient (Wildman–Crippen LogP) is 3.17. The Hall–Kier alpha value is -1.59. The predicted molar refractivity (Wildman–Crippen MR) is 80.4 cm³/mol. The number of hydrogen-bond acceptors (Lipinski definition) is 5. The van der Waals surface area contributed by atoms with Gasteiger partial charge in [-0.05, 0) is 37.5 Å². The molecule has 0 amide bonds. The number of thiazole rings is 1. The Bertz CT molecular complexity index is 620. The fourth-order valence-electron chi connectivity index (χ4n) is 2.41. The van der Waals surface area contributed by atoms with Gasteiger partial charge in [-0.3, -0.25) is 0 Å². The maximum Gasteiger partial charge on any atom is 0.128 e. The van der Waals surface area contributed by atoms with Crippen LogP contribution < -0.4 is 15.2 Å². The quantitative estimate of drug-likeness (QED) is 0.939. The smallest absolute Gasteiger partial charge is 0.128 e. The van der Waals surface area contributed by atoms with E-state index in [0.29, 0.717) is 0 Å². The third kappa shape index (κ3) is 2.17. The van der Waals surface area contributed by atoms with E-state index in [4.69, 9.17) is 20.2 Å². The van der Waals surface area contributed by atoms with E-state index in [9.17, 15) is 0 Å². The van der Waals surface area contributed by atoms with Gasteiger partial charge in [-0.1, -0.05) is 0 Å². The first-order valence-corrected chi connectivity index (χ1v) is 7.51. The zero-order valence-electron chi connectivity index (χ0n) is 11.7. The van der Waals surface area contributed by atoms with Crippen molar-refractivity contribution < 1.29 is 9.47 Å². The van der Waals surface area contributed by atoms with E-state index in [0.717, 1.165) is 40.6 Å². The Morgan fingerprint density at radius 3 is 2.65 bits per heavy atom. The van der Waals surface area contributed by atoms with Gasteiger partial charge in [-0.2, -0.15) is 0 Å². The van der Waals surface area contributed by atoms with Crippen LogP contribution in [0.3, 0.4) is 0 Å². The molecule has 20 heavy (non-hydrogen) atoms. The second-order valence-electron chi connectivity index (χ2n) is 5.11. The number of rotatable bonds is 4. The zero-order valence-corrected chi connectivity index (χ0v) is 12.5. The largest absolute Gasteiger partial charge is 0.497 e. The van der Waals surface area contributed by atoms with Crippen LogP contribution in [0.25, 0.3) is 11.3 Å². The first kappa shape index (κ1) is 13.4. The Morgan fingerprint density at radius 2 is 2.05 bits per heavy atom. The summed E-state index contributed by atoms with van der Waals surface area (Å²) in [5.74, 6) is 1.59. The minimum absolute atomic E-state index is 0.213. The van der Waals surface area contributed by atoms with E-state index in [-0.39, 0.29) is 5.54 Å². The van der Waals surface area contributed by atoms with E-state index in [1.165, 1.54) is 6.42 Å². The minimum atomic E-state index is -0.213. The molecule has 4 nitrogen and oxygen atoms in total. The maximum absolute atomic E-state index is 6.33. The first-order chi connectivity index (χ1) is 9.66. The van der Waals surface area contributed by atoms with Crippen molar-refractivity contribution in [2.24, 2.45) is 5.73 Å². The Balaban J connectivity index is 2.00. The number of methoxy groups -OCH3 is 2. The van der Waals surface area contributed by atoms with Gasteiger partial charge < -0.3 is 15.2 Å². The van der Waals surface area contributed by atoms with E-state index < -0.39 is 0 Å². The highest BCUT2D eigenvalue weighted by Crippen LogP contribution is 2.42. The molecule has 0 spiro atoms. The van der Waals surface area contributed by atoms with Crippen LogP contribution in [0, 0.1) is 0 Å². The summed E-state index contributed by atoms with van der Waals surface area (Å²) in [6.45, 7) is 0. The molecule has 2 aromatic rings. The fraction of sp³-hybridized carbons (Fsp3) is 0.400. The van der Waals surface area contributed by atoms with Crippen LogP contribution in [-0.2, 0) is 5.54 Å². The van der Waals surface area contributed by atoms with Crippen LogP contribution in [0.4, 0.5) is 0 Å². The summed E-state index contributed by atoms with van der Waals surface area (Å²) in [4.78, 5) is 4.72. The average Bonchev–Trinajstić information content (AvgIpc) is 2.94. The molecule has 1 saturated carbocycles. The molecule has 0 radical (unpaired) electrons. The summed E-state index contributed by atoms with van der Waals surface area (Å²) in [6, 6.07) is 5.72. The van der Waals surface area contributed by atoms with Crippen LogP contribution in [-0.4, -0.2) is 19.2 Å². The van der Waals surface area contributed by atoms with Gasteiger partial charge in [0.05, 0.1) is 25.5 Å². The van der Waals surface area contributed by atoms with E-state index in [2.05, 4.69) is 0 Å². The van der Waals surface area contributed by atoms with Crippen molar-refractivity contribution in [2.75, 3.05) is 14.2 Å². The van der Waals surface area contributed by atoms with Crippen LogP contribution in [0.15, 0.2) is 23.6 Å². The highest BCUT2D eigenvalue weighted by molar-refractivity contribution is 7.10. The monoisotopic (exact) mass is 290 g/mol. The lowest BCUT2D eigenvalue weighted by atomic mass is 9.78. The molecule has 0 saturated heterocycles. The molecule has 3 rings (SSSR count). The minimum Gasteiger partial charge on any atom is -0.497 e. The molecule has 106 valence electrons. The van der Waals surface area contributed by atoms with Crippen LogP contribution >= 0.6 is 11.3 Å². The summed E-state index contributed by atoms with van der Waals surface area (Å²) in [5.41, 5.74) is 7.96. The Labute approximate surface area is 122 Å². The van der Waals surface area contributed by atoms with Crippen molar-refractivity contribution in [3.63, 3.8) is 0 Å². The topological polar surface area (TPSA) is 57.4 Å². The third-order valence-electron chi connectivity index (χ3n) is 3.86. The maximum atomic E-state index is 6.33. The summed E-state index contributed by atoms with van der Waals surface area (Å²) in [6.07, 6.45) is 3.23. The molecule has 0 unspecified atom stereocenters. The van der Waals surface area contributed by atoms with Crippen LogP contribution in [0.2, 0.25) is 0 Å². The Kier molecular flexibility index (Phi) is 3.40. The highest BCUT2D eigenvalue weighted by atomic mass is 32.1. The van der Waals surface area contributed by atoms with Gasteiger partial charge in [-0.15, -0.1) is 11.3 Å².